The molecule has 1 atom stereocenters. The SMILES string of the molecule is COC(=O)c1ccc(OC(=O)[C@H]2CCCN(C(=O)c3ccc(Cl)cc3)C2)cc1. The molecule has 2 aromatic carbocycles. The highest BCUT2D eigenvalue weighted by Gasteiger charge is 2.30. The number of halogens is 1. The average molecular weight is 402 g/mol. The topological polar surface area (TPSA) is 72.9 Å². The van der Waals surface area contributed by atoms with Crippen molar-refractivity contribution in [3.8, 4) is 5.75 Å². The van der Waals surface area contributed by atoms with Gasteiger partial charge in [0.05, 0.1) is 18.6 Å². The van der Waals surface area contributed by atoms with Gasteiger partial charge in [0.1, 0.15) is 5.75 Å². The fourth-order valence-electron chi connectivity index (χ4n) is 3.11. The molecule has 1 aliphatic heterocycles. The monoisotopic (exact) mass is 401 g/mol. The minimum atomic E-state index is -0.457. The van der Waals surface area contributed by atoms with E-state index in [4.69, 9.17) is 16.3 Å². The molecule has 0 spiro atoms. The Morgan fingerprint density at radius 1 is 1.00 bits per heavy atom. The maximum Gasteiger partial charge on any atom is 0.337 e. The van der Waals surface area contributed by atoms with Crippen LogP contribution in [0.3, 0.4) is 0 Å². The molecule has 0 saturated carbocycles. The molecule has 1 aliphatic rings. The standard InChI is InChI=1S/C21H20ClNO5/c1-27-20(25)15-6-10-18(11-7-15)28-21(26)16-3-2-12-23(13-16)19(24)14-4-8-17(22)9-5-14/h4-11,16H,2-3,12-13H2,1H3/t16-/m0/s1. The average Bonchev–Trinajstić information content (AvgIpc) is 2.74. The van der Waals surface area contributed by atoms with Crippen LogP contribution in [0.2, 0.25) is 5.02 Å². The lowest BCUT2D eigenvalue weighted by atomic mass is 9.97. The molecular formula is C21H20ClNO5. The summed E-state index contributed by atoms with van der Waals surface area (Å²) in [6.07, 6.45) is 1.38. The molecule has 3 rings (SSSR count). The number of likely N-dealkylation sites (tertiary alicyclic amines) is 1. The zero-order valence-corrected chi connectivity index (χ0v) is 16.1. The first-order valence-corrected chi connectivity index (χ1v) is 9.30. The molecule has 0 aliphatic carbocycles. The molecule has 6 nitrogen and oxygen atoms in total. The number of piperidine rings is 1. The minimum absolute atomic E-state index is 0.128. The quantitative estimate of drug-likeness (QED) is 0.578. The second kappa shape index (κ2) is 8.89. The summed E-state index contributed by atoms with van der Waals surface area (Å²) >= 11 is 5.87. The van der Waals surface area contributed by atoms with Crippen LogP contribution in [0.15, 0.2) is 48.5 Å². The van der Waals surface area contributed by atoms with Crippen LogP contribution in [0.1, 0.15) is 33.6 Å². The van der Waals surface area contributed by atoms with Crippen molar-refractivity contribution in [2.24, 2.45) is 5.92 Å². The number of hydrogen-bond acceptors (Lipinski definition) is 5. The molecule has 1 heterocycles. The predicted molar refractivity (Wildman–Crippen MR) is 103 cm³/mol. The van der Waals surface area contributed by atoms with Gasteiger partial charge in [0, 0.05) is 23.7 Å². The highest BCUT2D eigenvalue weighted by atomic mass is 35.5. The van der Waals surface area contributed by atoms with Gasteiger partial charge in [-0.3, -0.25) is 9.59 Å². The number of carbonyl (C=O) groups is 3. The van der Waals surface area contributed by atoms with Crippen LogP contribution < -0.4 is 4.74 Å². The molecule has 0 N–H and O–H groups in total. The molecule has 0 bridgehead atoms. The third-order valence-electron chi connectivity index (χ3n) is 4.63. The highest BCUT2D eigenvalue weighted by molar-refractivity contribution is 6.30. The smallest absolute Gasteiger partial charge is 0.337 e. The molecule has 0 aromatic heterocycles. The van der Waals surface area contributed by atoms with E-state index < -0.39 is 11.9 Å². The number of ether oxygens (including phenoxy) is 2. The van der Waals surface area contributed by atoms with Crippen LogP contribution in [0.5, 0.6) is 5.75 Å². The number of rotatable bonds is 4. The fraction of sp³-hybridized carbons (Fsp3) is 0.286. The Morgan fingerprint density at radius 3 is 2.29 bits per heavy atom. The second-order valence-corrected chi connectivity index (χ2v) is 6.97. The number of hydrogen-bond donors (Lipinski definition) is 0. The van der Waals surface area contributed by atoms with E-state index in [0.29, 0.717) is 41.4 Å². The Bertz CT molecular complexity index is 863. The van der Waals surface area contributed by atoms with Gasteiger partial charge in [0.25, 0.3) is 5.91 Å². The first-order valence-electron chi connectivity index (χ1n) is 8.93. The summed E-state index contributed by atoms with van der Waals surface area (Å²) in [6, 6.07) is 12.8. The van der Waals surface area contributed by atoms with Crippen molar-refractivity contribution in [2.45, 2.75) is 12.8 Å². The number of benzene rings is 2. The van der Waals surface area contributed by atoms with Gasteiger partial charge in [0.2, 0.25) is 0 Å². The first kappa shape index (κ1) is 19.9. The summed E-state index contributed by atoms with van der Waals surface area (Å²) in [5.74, 6) is -1.03. The van der Waals surface area contributed by atoms with E-state index in [1.165, 1.54) is 19.2 Å². The predicted octanol–water partition coefficient (Wildman–Crippen LogP) is 3.58. The summed E-state index contributed by atoms with van der Waals surface area (Å²) < 4.78 is 10.1. The number of esters is 2. The normalized spacial score (nSPS) is 16.4. The molecule has 1 saturated heterocycles. The van der Waals surface area contributed by atoms with Gasteiger partial charge >= 0.3 is 11.9 Å². The number of amides is 1. The van der Waals surface area contributed by atoms with E-state index in [0.717, 1.165) is 6.42 Å². The lowest BCUT2D eigenvalue weighted by molar-refractivity contribution is -0.140. The lowest BCUT2D eigenvalue weighted by Gasteiger charge is -2.31. The van der Waals surface area contributed by atoms with E-state index >= 15 is 0 Å². The summed E-state index contributed by atoms with van der Waals surface area (Å²) in [5.41, 5.74) is 0.913. The molecule has 146 valence electrons. The largest absolute Gasteiger partial charge is 0.465 e. The molecule has 1 amide bonds. The molecule has 0 unspecified atom stereocenters. The van der Waals surface area contributed by atoms with Crippen LogP contribution in [-0.2, 0) is 9.53 Å². The zero-order valence-electron chi connectivity index (χ0n) is 15.4. The van der Waals surface area contributed by atoms with Crippen molar-refractivity contribution in [2.75, 3.05) is 20.2 Å². The Morgan fingerprint density at radius 2 is 1.64 bits per heavy atom. The van der Waals surface area contributed by atoms with Gasteiger partial charge in [-0.1, -0.05) is 11.6 Å². The van der Waals surface area contributed by atoms with E-state index in [1.54, 1.807) is 41.3 Å². The van der Waals surface area contributed by atoms with Crippen LogP contribution in [0, 0.1) is 5.92 Å². The second-order valence-electron chi connectivity index (χ2n) is 6.53. The van der Waals surface area contributed by atoms with Gasteiger partial charge < -0.3 is 14.4 Å². The molecular weight excluding hydrogens is 382 g/mol. The van der Waals surface area contributed by atoms with Gasteiger partial charge in [-0.25, -0.2) is 4.79 Å². The number of carbonyl (C=O) groups excluding carboxylic acids is 3. The van der Waals surface area contributed by atoms with Crippen LogP contribution in [-0.4, -0.2) is 42.9 Å². The third-order valence-corrected chi connectivity index (χ3v) is 4.88. The van der Waals surface area contributed by atoms with Gasteiger partial charge in [-0.15, -0.1) is 0 Å². The van der Waals surface area contributed by atoms with Crippen molar-refractivity contribution in [3.05, 3.63) is 64.7 Å². The Balaban J connectivity index is 1.61. The number of nitrogens with zero attached hydrogens (tertiary/aromatic N) is 1. The van der Waals surface area contributed by atoms with Crippen molar-refractivity contribution in [1.29, 1.82) is 0 Å². The zero-order chi connectivity index (χ0) is 20.1. The van der Waals surface area contributed by atoms with Crippen molar-refractivity contribution in [3.63, 3.8) is 0 Å². The van der Waals surface area contributed by atoms with E-state index in [1.807, 2.05) is 0 Å². The summed E-state index contributed by atoms with van der Waals surface area (Å²) in [7, 11) is 1.30. The molecule has 2 aromatic rings. The molecule has 0 radical (unpaired) electrons. The Kier molecular flexibility index (Phi) is 6.31. The van der Waals surface area contributed by atoms with E-state index in [-0.39, 0.29) is 11.9 Å². The van der Waals surface area contributed by atoms with E-state index in [2.05, 4.69) is 4.74 Å². The van der Waals surface area contributed by atoms with Crippen molar-refractivity contribution in [1.82, 2.24) is 4.90 Å². The van der Waals surface area contributed by atoms with Gasteiger partial charge in [-0.2, -0.15) is 0 Å². The Labute approximate surface area is 168 Å². The van der Waals surface area contributed by atoms with Crippen LogP contribution in [0.25, 0.3) is 0 Å². The maximum absolute atomic E-state index is 12.7. The summed E-state index contributed by atoms with van der Waals surface area (Å²) in [6.45, 7) is 0.902. The maximum atomic E-state index is 12.7. The van der Waals surface area contributed by atoms with Gasteiger partial charge in [0.15, 0.2) is 0 Å². The molecule has 28 heavy (non-hydrogen) atoms. The summed E-state index contributed by atoms with van der Waals surface area (Å²) in [4.78, 5) is 38.3. The first-order chi connectivity index (χ1) is 13.5. The highest BCUT2D eigenvalue weighted by Crippen LogP contribution is 2.22. The fourth-order valence-corrected chi connectivity index (χ4v) is 3.23. The minimum Gasteiger partial charge on any atom is -0.465 e. The summed E-state index contributed by atoms with van der Waals surface area (Å²) in [5, 5.41) is 0.565. The van der Waals surface area contributed by atoms with Crippen LogP contribution in [0.4, 0.5) is 0 Å². The van der Waals surface area contributed by atoms with Crippen molar-refractivity contribution < 1.29 is 23.9 Å². The van der Waals surface area contributed by atoms with Gasteiger partial charge in [-0.05, 0) is 61.4 Å². The molecule has 1 fully saturated rings. The Hall–Kier alpha value is -2.86. The lowest BCUT2D eigenvalue weighted by Crippen LogP contribution is -2.43. The third kappa shape index (κ3) is 4.70. The molecule has 7 heteroatoms. The van der Waals surface area contributed by atoms with Crippen LogP contribution >= 0.6 is 11.6 Å². The van der Waals surface area contributed by atoms with Crippen molar-refractivity contribution >= 4 is 29.4 Å². The van der Waals surface area contributed by atoms with E-state index in [9.17, 15) is 14.4 Å². The number of methoxy groups -OCH3 is 1.